The number of rotatable bonds is 3. The van der Waals surface area contributed by atoms with Gasteiger partial charge >= 0.3 is 4.87 Å². The van der Waals surface area contributed by atoms with Crippen molar-refractivity contribution >= 4 is 22.7 Å². The first-order valence-electron chi connectivity index (χ1n) is 4.89. The molecule has 2 rings (SSSR count). The number of nitrogens with one attached hydrogen (secondary N) is 2. The van der Waals surface area contributed by atoms with E-state index in [0.29, 0.717) is 17.8 Å². The van der Waals surface area contributed by atoms with Crippen LogP contribution in [0.1, 0.15) is 11.3 Å². The molecule has 2 aromatic rings. The van der Waals surface area contributed by atoms with E-state index in [4.69, 9.17) is 11.0 Å². The van der Waals surface area contributed by atoms with E-state index < -0.39 is 0 Å². The van der Waals surface area contributed by atoms with Crippen molar-refractivity contribution in [1.82, 2.24) is 4.98 Å². The van der Waals surface area contributed by atoms with Gasteiger partial charge < -0.3 is 16.0 Å². The molecule has 0 bridgehead atoms. The Hall–Kier alpha value is -2.26. The molecule has 0 atom stereocenters. The molecule has 5 nitrogen and oxygen atoms in total. The van der Waals surface area contributed by atoms with Crippen molar-refractivity contribution < 1.29 is 0 Å². The third-order valence-electron chi connectivity index (χ3n) is 2.23. The second kappa shape index (κ2) is 4.72. The number of hydrogen-bond acceptors (Lipinski definition) is 5. The molecule has 0 aliphatic rings. The summed E-state index contributed by atoms with van der Waals surface area (Å²) in [6.45, 7) is 0.518. The van der Waals surface area contributed by atoms with Crippen LogP contribution in [0.5, 0.6) is 0 Å². The molecule has 1 aromatic heterocycles. The molecule has 0 amide bonds. The van der Waals surface area contributed by atoms with Crippen LogP contribution >= 0.6 is 11.3 Å². The number of thiazole rings is 1. The number of hydrogen-bond donors (Lipinski definition) is 3. The van der Waals surface area contributed by atoms with Gasteiger partial charge in [0.2, 0.25) is 0 Å². The zero-order chi connectivity index (χ0) is 12.3. The van der Waals surface area contributed by atoms with Crippen molar-refractivity contribution in [2.75, 3.05) is 11.1 Å². The lowest BCUT2D eigenvalue weighted by atomic mass is 10.2. The molecular formula is C11H10N4OS. The quantitative estimate of drug-likeness (QED) is 0.715. The molecule has 6 heteroatoms. The van der Waals surface area contributed by atoms with Gasteiger partial charge in [-0.2, -0.15) is 5.26 Å². The second-order valence-electron chi connectivity index (χ2n) is 3.44. The van der Waals surface area contributed by atoms with Gasteiger partial charge in [0.05, 0.1) is 17.8 Å². The highest BCUT2D eigenvalue weighted by molar-refractivity contribution is 7.07. The SMILES string of the molecule is N#Cc1ccc(NCc2csc(=O)[nH]2)cc1N. The average Bonchev–Trinajstić information content (AvgIpc) is 2.73. The Kier molecular flexibility index (Phi) is 3.12. The van der Waals surface area contributed by atoms with Gasteiger partial charge in [0.15, 0.2) is 0 Å². The molecule has 0 radical (unpaired) electrons. The fourth-order valence-electron chi connectivity index (χ4n) is 1.37. The molecule has 1 aromatic carbocycles. The largest absolute Gasteiger partial charge is 0.398 e. The number of nitriles is 1. The Balaban J connectivity index is 2.07. The van der Waals surface area contributed by atoms with Crippen LogP contribution in [0, 0.1) is 11.3 Å². The number of aromatic nitrogens is 1. The van der Waals surface area contributed by atoms with Gasteiger partial charge in [0.25, 0.3) is 0 Å². The zero-order valence-corrected chi connectivity index (χ0v) is 9.67. The highest BCUT2D eigenvalue weighted by Gasteiger charge is 2.00. The summed E-state index contributed by atoms with van der Waals surface area (Å²) in [5.41, 5.74) is 8.22. The van der Waals surface area contributed by atoms with Gasteiger partial charge in [-0.25, -0.2) is 0 Å². The number of nitrogens with two attached hydrogens (primary N) is 1. The Labute approximate surface area is 102 Å². The molecular weight excluding hydrogens is 236 g/mol. The highest BCUT2D eigenvalue weighted by Crippen LogP contribution is 2.17. The predicted molar refractivity (Wildman–Crippen MR) is 67.8 cm³/mol. The van der Waals surface area contributed by atoms with Gasteiger partial charge in [-0.1, -0.05) is 11.3 Å². The summed E-state index contributed by atoms with van der Waals surface area (Å²) < 4.78 is 0. The van der Waals surface area contributed by atoms with Gasteiger partial charge in [-0.05, 0) is 18.2 Å². The minimum absolute atomic E-state index is 0.0684. The number of nitrogen functional groups attached to an aromatic ring is 1. The van der Waals surface area contributed by atoms with Crippen LogP contribution in [0.25, 0.3) is 0 Å². The van der Waals surface area contributed by atoms with Gasteiger partial charge in [0, 0.05) is 16.8 Å². The molecule has 0 saturated carbocycles. The molecule has 0 unspecified atom stereocenters. The fraction of sp³-hybridized carbons (Fsp3) is 0.0909. The smallest absolute Gasteiger partial charge is 0.304 e. The second-order valence-corrected chi connectivity index (χ2v) is 4.28. The summed E-state index contributed by atoms with van der Waals surface area (Å²) in [6.07, 6.45) is 0. The maximum Gasteiger partial charge on any atom is 0.304 e. The number of aromatic amines is 1. The summed E-state index contributed by atoms with van der Waals surface area (Å²) >= 11 is 1.13. The van der Waals surface area contributed by atoms with Crippen LogP contribution in [0.15, 0.2) is 28.4 Å². The summed E-state index contributed by atoms with van der Waals surface area (Å²) in [4.78, 5) is 13.6. The van der Waals surface area contributed by atoms with Crippen LogP contribution in [0.2, 0.25) is 0 Å². The average molecular weight is 246 g/mol. The molecule has 17 heavy (non-hydrogen) atoms. The molecule has 0 aliphatic heterocycles. The molecule has 0 fully saturated rings. The van der Waals surface area contributed by atoms with Crippen molar-refractivity contribution in [2.45, 2.75) is 6.54 Å². The highest BCUT2D eigenvalue weighted by atomic mass is 32.1. The summed E-state index contributed by atoms with van der Waals surface area (Å²) in [5.74, 6) is 0. The minimum Gasteiger partial charge on any atom is -0.398 e. The maximum atomic E-state index is 10.9. The molecule has 86 valence electrons. The lowest BCUT2D eigenvalue weighted by molar-refractivity contribution is 1.06. The summed E-state index contributed by atoms with van der Waals surface area (Å²) in [7, 11) is 0. The first-order chi connectivity index (χ1) is 8.19. The Morgan fingerprint density at radius 1 is 1.53 bits per heavy atom. The van der Waals surface area contributed by atoms with Crippen LogP contribution in [-0.2, 0) is 6.54 Å². The topological polar surface area (TPSA) is 94.7 Å². The Morgan fingerprint density at radius 3 is 2.94 bits per heavy atom. The first-order valence-corrected chi connectivity index (χ1v) is 5.77. The van der Waals surface area contributed by atoms with E-state index in [1.807, 2.05) is 6.07 Å². The lowest BCUT2D eigenvalue weighted by Gasteiger charge is -2.06. The van der Waals surface area contributed by atoms with E-state index in [1.54, 1.807) is 23.6 Å². The zero-order valence-electron chi connectivity index (χ0n) is 8.86. The molecule has 4 N–H and O–H groups in total. The van der Waals surface area contributed by atoms with Crippen LogP contribution in [0.3, 0.4) is 0 Å². The number of benzene rings is 1. The van der Waals surface area contributed by atoms with Crippen molar-refractivity contribution in [1.29, 1.82) is 5.26 Å². The van der Waals surface area contributed by atoms with Gasteiger partial charge in [-0.15, -0.1) is 0 Å². The summed E-state index contributed by atoms with van der Waals surface area (Å²) in [6, 6.07) is 7.14. The number of anilines is 2. The van der Waals surface area contributed by atoms with E-state index in [9.17, 15) is 4.79 Å². The van der Waals surface area contributed by atoms with Crippen molar-refractivity contribution in [2.24, 2.45) is 0 Å². The van der Waals surface area contributed by atoms with Crippen LogP contribution in [0.4, 0.5) is 11.4 Å². The van der Waals surface area contributed by atoms with E-state index in [2.05, 4.69) is 10.3 Å². The van der Waals surface area contributed by atoms with E-state index in [1.165, 1.54) is 0 Å². The Morgan fingerprint density at radius 2 is 2.35 bits per heavy atom. The summed E-state index contributed by atoms with van der Waals surface area (Å²) in [5, 5.41) is 13.6. The van der Waals surface area contributed by atoms with Crippen molar-refractivity contribution in [3.05, 3.63) is 44.5 Å². The molecule has 0 saturated heterocycles. The minimum atomic E-state index is -0.0684. The first kappa shape index (κ1) is 11.2. The molecule has 1 heterocycles. The monoisotopic (exact) mass is 246 g/mol. The van der Waals surface area contributed by atoms with Gasteiger partial charge in [0.1, 0.15) is 6.07 Å². The molecule has 0 spiro atoms. The number of H-pyrrole nitrogens is 1. The van der Waals surface area contributed by atoms with Crippen LogP contribution < -0.4 is 15.9 Å². The van der Waals surface area contributed by atoms with Crippen molar-refractivity contribution in [3.8, 4) is 6.07 Å². The van der Waals surface area contributed by atoms with E-state index in [0.717, 1.165) is 22.7 Å². The van der Waals surface area contributed by atoms with Crippen LogP contribution in [-0.4, -0.2) is 4.98 Å². The van der Waals surface area contributed by atoms with E-state index in [-0.39, 0.29) is 4.87 Å². The third-order valence-corrected chi connectivity index (χ3v) is 2.94. The standard InChI is InChI=1S/C11H10N4OS/c12-4-7-1-2-8(3-10(7)13)14-5-9-6-17-11(16)15-9/h1-3,6,14H,5,13H2,(H,15,16). The lowest BCUT2D eigenvalue weighted by Crippen LogP contribution is -2.03. The maximum absolute atomic E-state index is 10.9. The van der Waals surface area contributed by atoms with Gasteiger partial charge in [-0.3, -0.25) is 4.79 Å². The molecule has 0 aliphatic carbocycles. The predicted octanol–water partition coefficient (Wildman–Crippen LogP) is 1.50. The fourth-order valence-corrected chi connectivity index (χ4v) is 1.95. The Bertz CT molecular complexity index is 623. The van der Waals surface area contributed by atoms with E-state index >= 15 is 0 Å². The van der Waals surface area contributed by atoms with Crippen molar-refractivity contribution in [3.63, 3.8) is 0 Å². The normalized spacial score (nSPS) is 9.82. The third kappa shape index (κ3) is 2.65. The number of nitrogens with zero attached hydrogens (tertiary/aromatic N) is 1.